The number of hydrogen-bond acceptors (Lipinski definition) is 2. The smallest absolute Gasteiger partial charge is 0.299 e. The van der Waals surface area contributed by atoms with E-state index >= 15 is 0 Å². The van der Waals surface area contributed by atoms with Crippen LogP contribution in [0.3, 0.4) is 0 Å². The van der Waals surface area contributed by atoms with Crippen LogP contribution in [-0.2, 0) is 16.0 Å². The summed E-state index contributed by atoms with van der Waals surface area (Å²) >= 11 is 0. The third kappa shape index (κ3) is 3.89. The first-order valence-electron chi connectivity index (χ1n) is 6.64. The van der Waals surface area contributed by atoms with Crippen molar-refractivity contribution in [2.24, 2.45) is 11.8 Å². The van der Waals surface area contributed by atoms with E-state index in [-0.39, 0.29) is 19.3 Å². The zero-order chi connectivity index (χ0) is 15.6. The summed E-state index contributed by atoms with van der Waals surface area (Å²) in [5, 5.41) is 0. The van der Waals surface area contributed by atoms with E-state index in [1.165, 1.54) is 24.3 Å². The Hall–Kier alpha value is -1.72. The Morgan fingerprint density at radius 2 is 1.81 bits per heavy atom. The molecule has 0 heterocycles. The van der Waals surface area contributed by atoms with Crippen molar-refractivity contribution in [3.63, 3.8) is 0 Å². The molecule has 114 valence electrons. The minimum atomic E-state index is -4.38. The molecule has 1 aromatic carbocycles. The highest BCUT2D eigenvalue weighted by Gasteiger charge is 2.46. The number of hydrogen-bond donors (Lipinski definition) is 0. The third-order valence-corrected chi connectivity index (χ3v) is 3.79. The summed E-state index contributed by atoms with van der Waals surface area (Å²) in [5.74, 6) is -4.21. The molecule has 21 heavy (non-hydrogen) atoms. The fourth-order valence-corrected chi connectivity index (χ4v) is 2.56. The normalized spacial score (nSPS) is 23.1. The molecule has 0 bridgehead atoms. The quantitative estimate of drug-likeness (QED) is 0.633. The van der Waals surface area contributed by atoms with E-state index in [0.29, 0.717) is 5.56 Å². The van der Waals surface area contributed by atoms with Crippen LogP contribution >= 0.6 is 0 Å². The first-order chi connectivity index (χ1) is 9.77. The average molecular weight is 302 g/mol. The molecule has 2 atom stereocenters. The Labute approximate surface area is 119 Å². The summed E-state index contributed by atoms with van der Waals surface area (Å²) < 4.78 is 50.9. The zero-order valence-corrected chi connectivity index (χ0v) is 11.1. The van der Waals surface area contributed by atoms with Crippen molar-refractivity contribution in [2.75, 3.05) is 0 Å². The molecule has 0 amide bonds. The summed E-state index contributed by atoms with van der Waals surface area (Å²) in [6.07, 6.45) is -5.47. The van der Waals surface area contributed by atoms with Crippen molar-refractivity contribution in [2.45, 2.75) is 31.9 Å². The second kappa shape index (κ2) is 5.95. The molecule has 1 saturated carbocycles. The Balaban J connectivity index is 2.06. The molecule has 1 aliphatic carbocycles. The number of alkyl halides is 3. The van der Waals surface area contributed by atoms with Crippen molar-refractivity contribution < 1.29 is 27.2 Å². The molecule has 1 aliphatic rings. The van der Waals surface area contributed by atoms with Gasteiger partial charge < -0.3 is 0 Å². The number of rotatable bonds is 3. The zero-order valence-electron chi connectivity index (χ0n) is 11.1. The molecule has 0 aromatic heterocycles. The van der Waals surface area contributed by atoms with Crippen molar-refractivity contribution in [1.29, 1.82) is 0 Å². The standard InChI is InChI=1S/C15H14F4O2/c16-11-4-1-9(2-5-11)7-14(21)12-8-10(15(17,18)19)3-6-13(12)20/h1-2,4-5,10,12H,3,6-8H2. The Morgan fingerprint density at radius 1 is 1.19 bits per heavy atom. The molecule has 0 N–H and O–H groups in total. The van der Waals surface area contributed by atoms with E-state index in [2.05, 4.69) is 0 Å². The van der Waals surface area contributed by atoms with E-state index < -0.39 is 41.8 Å². The lowest BCUT2D eigenvalue weighted by Gasteiger charge is -2.28. The van der Waals surface area contributed by atoms with E-state index in [4.69, 9.17) is 0 Å². The van der Waals surface area contributed by atoms with Crippen molar-refractivity contribution in [3.05, 3.63) is 35.6 Å². The van der Waals surface area contributed by atoms with E-state index in [1.807, 2.05) is 0 Å². The molecular formula is C15H14F4O2. The fraction of sp³-hybridized carbons (Fsp3) is 0.467. The highest BCUT2D eigenvalue weighted by molar-refractivity contribution is 6.03. The van der Waals surface area contributed by atoms with Crippen molar-refractivity contribution >= 4 is 11.6 Å². The van der Waals surface area contributed by atoms with E-state index in [9.17, 15) is 27.2 Å². The average Bonchev–Trinajstić information content (AvgIpc) is 2.40. The van der Waals surface area contributed by atoms with Gasteiger partial charge in [-0.15, -0.1) is 0 Å². The van der Waals surface area contributed by atoms with Crippen LogP contribution in [-0.4, -0.2) is 17.7 Å². The van der Waals surface area contributed by atoms with Gasteiger partial charge in [-0.25, -0.2) is 4.39 Å². The molecule has 1 aromatic rings. The number of Topliss-reactive ketones (excluding diaryl/α,β-unsaturated/α-hetero) is 2. The first kappa shape index (κ1) is 15.7. The van der Waals surface area contributed by atoms with E-state index in [0.717, 1.165) is 0 Å². The molecule has 2 rings (SSSR count). The molecule has 0 spiro atoms. The van der Waals surface area contributed by atoms with Gasteiger partial charge >= 0.3 is 6.18 Å². The second-order valence-corrected chi connectivity index (χ2v) is 5.30. The Bertz CT molecular complexity index is 534. The summed E-state index contributed by atoms with van der Waals surface area (Å²) in [5.41, 5.74) is 0.489. The minimum absolute atomic E-state index is 0.152. The predicted octanol–water partition coefficient (Wildman–Crippen LogP) is 3.49. The van der Waals surface area contributed by atoms with Crippen LogP contribution in [0.15, 0.2) is 24.3 Å². The van der Waals surface area contributed by atoms with Gasteiger partial charge in [0.2, 0.25) is 0 Å². The van der Waals surface area contributed by atoms with Crippen LogP contribution in [0.2, 0.25) is 0 Å². The van der Waals surface area contributed by atoms with Crippen LogP contribution in [0.5, 0.6) is 0 Å². The molecular weight excluding hydrogens is 288 g/mol. The second-order valence-electron chi connectivity index (χ2n) is 5.30. The van der Waals surface area contributed by atoms with Crippen molar-refractivity contribution in [1.82, 2.24) is 0 Å². The topological polar surface area (TPSA) is 34.1 Å². The number of carbonyl (C=O) groups excluding carboxylic acids is 2. The molecule has 0 aliphatic heterocycles. The van der Waals surface area contributed by atoms with Gasteiger partial charge in [0.05, 0.1) is 11.8 Å². The molecule has 1 fully saturated rings. The Kier molecular flexibility index (Phi) is 4.44. The highest BCUT2D eigenvalue weighted by atomic mass is 19.4. The third-order valence-electron chi connectivity index (χ3n) is 3.79. The van der Waals surface area contributed by atoms with Gasteiger partial charge in [-0.3, -0.25) is 9.59 Å². The lowest BCUT2D eigenvalue weighted by Crippen LogP contribution is -2.37. The molecule has 0 saturated heterocycles. The van der Waals surface area contributed by atoms with Crippen LogP contribution in [0.25, 0.3) is 0 Å². The fourth-order valence-electron chi connectivity index (χ4n) is 2.56. The summed E-state index contributed by atoms with van der Waals surface area (Å²) in [6, 6.07) is 5.12. The molecule has 2 nitrogen and oxygen atoms in total. The lowest BCUT2D eigenvalue weighted by molar-refractivity contribution is -0.186. The summed E-state index contributed by atoms with van der Waals surface area (Å²) in [7, 11) is 0. The van der Waals surface area contributed by atoms with Gasteiger partial charge in [0.1, 0.15) is 17.4 Å². The van der Waals surface area contributed by atoms with Gasteiger partial charge in [0, 0.05) is 12.8 Å². The van der Waals surface area contributed by atoms with Crippen LogP contribution < -0.4 is 0 Å². The SMILES string of the molecule is O=C1CCC(C(F)(F)F)CC1C(=O)Cc1ccc(F)cc1. The molecule has 6 heteroatoms. The summed E-state index contributed by atoms with van der Waals surface area (Å²) in [4.78, 5) is 23.8. The number of halogens is 4. The lowest BCUT2D eigenvalue weighted by atomic mass is 9.77. The van der Waals surface area contributed by atoms with Gasteiger partial charge in [-0.1, -0.05) is 12.1 Å². The Morgan fingerprint density at radius 3 is 2.38 bits per heavy atom. The largest absolute Gasteiger partial charge is 0.391 e. The number of carbonyl (C=O) groups is 2. The van der Waals surface area contributed by atoms with Gasteiger partial charge in [-0.2, -0.15) is 13.2 Å². The molecule has 2 unspecified atom stereocenters. The number of ketones is 2. The van der Waals surface area contributed by atoms with Gasteiger partial charge in [0.25, 0.3) is 0 Å². The van der Waals surface area contributed by atoms with Crippen LogP contribution in [0, 0.1) is 17.7 Å². The van der Waals surface area contributed by atoms with Gasteiger partial charge in [-0.05, 0) is 30.5 Å². The van der Waals surface area contributed by atoms with Gasteiger partial charge in [0.15, 0.2) is 0 Å². The maximum Gasteiger partial charge on any atom is 0.391 e. The van der Waals surface area contributed by atoms with Crippen LogP contribution in [0.1, 0.15) is 24.8 Å². The number of benzene rings is 1. The van der Waals surface area contributed by atoms with Crippen LogP contribution in [0.4, 0.5) is 17.6 Å². The minimum Gasteiger partial charge on any atom is -0.299 e. The van der Waals surface area contributed by atoms with Crippen molar-refractivity contribution in [3.8, 4) is 0 Å². The molecule has 0 radical (unpaired) electrons. The predicted molar refractivity (Wildman–Crippen MR) is 67.0 cm³/mol. The maximum atomic E-state index is 12.8. The summed E-state index contributed by atoms with van der Waals surface area (Å²) in [6.45, 7) is 0. The monoisotopic (exact) mass is 302 g/mol. The maximum absolute atomic E-state index is 12.8. The van der Waals surface area contributed by atoms with E-state index in [1.54, 1.807) is 0 Å². The first-order valence-corrected chi connectivity index (χ1v) is 6.64. The highest BCUT2D eigenvalue weighted by Crippen LogP contribution is 2.39.